The van der Waals surface area contributed by atoms with Crippen LogP contribution in [0.4, 0.5) is 0 Å². The average molecular weight is 586 g/mol. The second kappa shape index (κ2) is 17.6. The van der Waals surface area contributed by atoms with E-state index in [1.807, 2.05) is 103 Å². The third-order valence-corrected chi connectivity index (χ3v) is 6.89. The number of Topliss-reactive ketones (excluding diaryl/α,β-unsaturated/α-hetero) is 1. The maximum atomic E-state index is 13.8. The van der Waals surface area contributed by atoms with E-state index in [1.165, 1.54) is 21.6 Å². The van der Waals surface area contributed by atoms with Crippen LogP contribution in [0, 0.1) is 0 Å². The first kappa shape index (κ1) is 33.2. The molecule has 0 spiro atoms. The molecule has 0 aliphatic carbocycles. The van der Waals surface area contributed by atoms with E-state index in [0.29, 0.717) is 26.1 Å². The normalized spacial score (nSPS) is 10.8. The predicted molar refractivity (Wildman–Crippen MR) is 167 cm³/mol. The van der Waals surface area contributed by atoms with E-state index < -0.39 is 0 Å². The average Bonchev–Trinajstić information content (AvgIpc) is 2.99. The van der Waals surface area contributed by atoms with Gasteiger partial charge in [-0.2, -0.15) is 0 Å². The van der Waals surface area contributed by atoms with Crippen LogP contribution >= 0.6 is 0 Å². The monoisotopic (exact) mass is 585 g/mol. The van der Waals surface area contributed by atoms with Gasteiger partial charge in [0.25, 0.3) is 0 Å². The second-order valence-electron chi connectivity index (χ2n) is 10.8. The van der Waals surface area contributed by atoms with E-state index in [0.717, 1.165) is 16.7 Å². The number of carbonyl (C=O) groups excluding carboxylic acids is 4. The Labute approximate surface area is 254 Å². The summed E-state index contributed by atoms with van der Waals surface area (Å²) < 4.78 is 0. The third kappa shape index (κ3) is 11.8. The number of benzene rings is 3. The maximum absolute atomic E-state index is 13.8. The highest BCUT2D eigenvalue weighted by molar-refractivity contribution is 5.90. The molecule has 0 radical (unpaired) electrons. The van der Waals surface area contributed by atoms with Crippen molar-refractivity contribution >= 4 is 23.5 Å². The second-order valence-corrected chi connectivity index (χ2v) is 10.8. The van der Waals surface area contributed by atoms with Gasteiger partial charge in [-0.15, -0.1) is 0 Å². The molecule has 0 aliphatic rings. The third-order valence-electron chi connectivity index (χ3n) is 6.89. The number of hydrogen-bond donors (Lipinski definition) is 1. The Morgan fingerprint density at radius 1 is 0.558 bits per heavy atom. The van der Waals surface area contributed by atoms with E-state index in [1.54, 1.807) is 0 Å². The summed E-state index contributed by atoms with van der Waals surface area (Å²) in [5, 5.41) is 0. The molecular formula is C34H43N5O4. The minimum atomic E-state index is -0.351. The molecule has 3 aromatic rings. The lowest BCUT2D eigenvalue weighted by atomic mass is 10.2. The molecule has 0 atom stereocenters. The van der Waals surface area contributed by atoms with Crippen molar-refractivity contribution in [1.82, 2.24) is 19.6 Å². The van der Waals surface area contributed by atoms with E-state index in [-0.39, 0.29) is 62.8 Å². The molecule has 2 N–H and O–H groups in total. The molecule has 0 saturated carbocycles. The van der Waals surface area contributed by atoms with Crippen LogP contribution in [0.3, 0.4) is 0 Å². The van der Waals surface area contributed by atoms with Crippen LogP contribution in [0.25, 0.3) is 0 Å². The fraction of sp³-hybridized carbons (Fsp3) is 0.353. The van der Waals surface area contributed by atoms with Gasteiger partial charge < -0.3 is 20.4 Å². The van der Waals surface area contributed by atoms with Gasteiger partial charge in [0, 0.05) is 26.2 Å². The molecule has 0 saturated heterocycles. The Hall–Kier alpha value is -4.34. The fourth-order valence-corrected chi connectivity index (χ4v) is 4.72. The first-order valence-electron chi connectivity index (χ1n) is 14.6. The van der Waals surface area contributed by atoms with Gasteiger partial charge in [-0.05, 0) is 43.6 Å². The van der Waals surface area contributed by atoms with Gasteiger partial charge in [-0.3, -0.25) is 24.1 Å². The Morgan fingerprint density at radius 2 is 0.953 bits per heavy atom. The summed E-state index contributed by atoms with van der Waals surface area (Å²) in [7, 11) is 1.87. The first-order chi connectivity index (χ1) is 20.7. The zero-order valence-electron chi connectivity index (χ0n) is 25.2. The molecule has 3 aromatic carbocycles. The van der Waals surface area contributed by atoms with Crippen molar-refractivity contribution in [3.8, 4) is 0 Å². The van der Waals surface area contributed by atoms with E-state index in [9.17, 15) is 19.2 Å². The zero-order valence-corrected chi connectivity index (χ0v) is 25.2. The van der Waals surface area contributed by atoms with Crippen LogP contribution in [0.2, 0.25) is 0 Å². The molecule has 228 valence electrons. The summed E-state index contributed by atoms with van der Waals surface area (Å²) >= 11 is 0. The Kier molecular flexibility index (Phi) is 13.6. The number of nitrogens with zero attached hydrogens (tertiary/aromatic N) is 4. The maximum Gasteiger partial charge on any atom is 0.242 e. The smallest absolute Gasteiger partial charge is 0.242 e. The van der Waals surface area contributed by atoms with Crippen LogP contribution in [0.1, 0.15) is 30.0 Å². The highest BCUT2D eigenvalue weighted by Crippen LogP contribution is 2.11. The minimum Gasteiger partial charge on any atom is -0.332 e. The predicted octanol–water partition coefficient (Wildman–Crippen LogP) is 2.94. The van der Waals surface area contributed by atoms with Crippen molar-refractivity contribution in [2.75, 3.05) is 46.3 Å². The van der Waals surface area contributed by atoms with Gasteiger partial charge in [0.1, 0.15) is 12.3 Å². The molecule has 0 aromatic heterocycles. The molecule has 0 heterocycles. The molecule has 0 fully saturated rings. The van der Waals surface area contributed by atoms with Crippen LogP contribution in [0.15, 0.2) is 91.0 Å². The summed E-state index contributed by atoms with van der Waals surface area (Å²) in [5.41, 5.74) is 8.58. The number of likely N-dealkylation sites (N-methyl/N-ethyl adjacent to an activating group) is 1. The number of carbonyl (C=O) groups is 4. The molecule has 3 amide bonds. The van der Waals surface area contributed by atoms with E-state index in [4.69, 9.17) is 5.73 Å². The molecule has 9 nitrogen and oxygen atoms in total. The van der Waals surface area contributed by atoms with Crippen molar-refractivity contribution in [3.63, 3.8) is 0 Å². The van der Waals surface area contributed by atoms with Crippen molar-refractivity contribution in [1.29, 1.82) is 0 Å². The molecule has 43 heavy (non-hydrogen) atoms. The lowest BCUT2D eigenvalue weighted by Crippen LogP contribution is -2.49. The van der Waals surface area contributed by atoms with Gasteiger partial charge in [0.05, 0.1) is 19.6 Å². The van der Waals surface area contributed by atoms with Crippen LogP contribution < -0.4 is 5.73 Å². The Balaban J connectivity index is 1.76. The van der Waals surface area contributed by atoms with Gasteiger partial charge >= 0.3 is 0 Å². The van der Waals surface area contributed by atoms with E-state index >= 15 is 0 Å². The van der Waals surface area contributed by atoms with E-state index in [2.05, 4.69) is 0 Å². The summed E-state index contributed by atoms with van der Waals surface area (Å²) in [4.78, 5) is 59.2. The Bertz CT molecular complexity index is 1300. The fourth-order valence-electron chi connectivity index (χ4n) is 4.72. The van der Waals surface area contributed by atoms with Crippen LogP contribution in [-0.2, 0) is 38.8 Å². The highest BCUT2D eigenvalue weighted by atomic mass is 16.2. The Morgan fingerprint density at radius 3 is 1.40 bits per heavy atom. The van der Waals surface area contributed by atoms with Crippen molar-refractivity contribution in [2.24, 2.45) is 5.73 Å². The standard InChI is InChI=1S/C34H43N5O4/c1-28(40)21-38(23-30-15-8-4-9-16-30)34(43)27-39(24-31-17-10-5-11-18-31)33(42)26-37(20-12-19-35)32(41)25-36(2)22-29-13-6-3-7-14-29/h3-11,13-18H,12,19-27,35H2,1-2H3. The topological polar surface area (TPSA) is 107 Å². The molecule has 9 heteroatoms. The van der Waals surface area contributed by atoms with Gasteiger partial charge in [-0.1, -0.05) is 91.0 Å². The van der Waals surface area contributed by atoms with Gasteiger partial charge in [0.15, 0.2) is 0 Å². The molecule has 0 aliphatic heterocycles. The van der Waals surface area contributed by atoms with Gasteiger partial charge in [0.2, 0.25) is 17.7 Å². The van der Waals surface area contributed by atoms with Crippen molar-refractivity contribution in [2.45, 2.75) is 33.0 Å². The summed E-state index contributed by atoms with van der Waals surface area (Å²) in [5.74, 6) is -1.03. The van der Waals surface area contributed by atoms with Gasteiger partial charge in [-0.25, -0.2) is 0 Å². The number of nitrogens with two attached hydrogens (primary N) is 1. The van der Waals surface area contributed by atoms with Crippen molar-refractivity contribution < 1.29 is 19.2 Å². The van der Waals surface area contributed by atoms with Crippen molar-refractivity contribution in [3.05, 3.63) is 108 Å². The number of rotatable bonds is 17. The lowest BCUT2D eigenvalue weighted by molar-refractivity contribution is -0.145. The molecule has 0 bridgehead atoms. The number of amides is 3. The quantitative estimate of drug-likeness (QED) is 0.261. The summed E-state index contributed by atoms with van der Waals surface area (Å²) in [6, 6.07) is 28.7. The van der Waals surface area contributed by atoms with Crippen LogP contribution in [-0.4, -0.2) is 89.4 Å². The lowest BCUT2D eigenvalue weighted by Gasteiger charge is -2.30. The molecule has 3 rings (SSSR count). The molecular weight excluding hydrogens is 542 g/mol. The molecule has 0 unspecified atom stereocenters. The van der Waals surface area contributed by atoms with Crippen LogP contribution in [0.5, 0.6) is 0 Å². The zero-order chi connectivity index (χ0) is 31.0. The number of hydrogen-bond acceptors (Lipinski definition) is 6. The highest BCUT2D eigenvalue weighted by Gasteiger charge is 2.26. The minimum absolute atomic E-state index is 0.0596. The SMILES string of the molecule is CC(=O)CN(Cc1ccccc1)C(=O)CN(Cc1ccccc1)C(=O)CN(CCCN)C(=O)CN(C)Cc1ccccc1. The first-order valence-corrected chi connectivity index (χ1v) is 14.6. The largest absolute Gasteiger partial charge is 0.332 e. The summed E-state index contributed by atoms with van der Waals surface area (Å²) in [6.07, 6.45) is 0.544. The number of ketones is 1. The summed E-state index contributed by atoms with van der Waals surface area (Å²) in [6.45, 7) is 2.86.